The van der Waals surface area contributed by atoms with E-state index in [1.807, 2.05) is 36.4 Å². The fourth-order valence-electron chi connectivity index (χ4n) is 1.66. The summed E-state index contributed by atoms with van der Waals surface area (Å²) in [7, 11) is 0. The Morgan fingerprint density at radius 1 is 1.24 bits per heavy atom. The Labute approximate surface area is 123 Å². The van der Waals surface area contributed by atoms with Crippen molar-refractivity contribution in [1.29, 1.82) is 5.26 Å². The lowest BCUT2D eigenvalue weighted by Crippen LogP contribution is -2.23. The van der Waals surface area contributed by atoms with Crippen molar-refractivity contribution in [3.8, 4) is 6.07 Å². The second-order valence-corrected chi connectivity index (χ2v) is 4.23. The molecule has 21 heavy (non-hydrogen) atoms. The highest BCUT2D eigenvalue weighted by molar-refractivity contribution is 5.97. The minimum absolute atomic E-state index is 0.0498. The van der Waals surface area contributed by atoms with Gasteiger partial charge in [-0.15, -0.1) is 0 Å². The summed E-state index contributed by atoms with van der Waals surface area (Å²) in [5.41, 5.74) is 1.03. The van der Waals surface area contributed by atoms with Crippen LogP contribution in [0.15, 0.2) is 70.9 Å². The third-order valence-corrected chi connectivity index (χ3v) is 2.73. The average Bonchev–Trinajstić information content (AvgIpc) is 3.03. The molecule has 0 unspecified atom stereocenters. The first-order valence-corrected chi connectivity index (χ1v) is 6.43. The standard InChI is InChI=1S/C17H14N2O2/c18-12-15(8-4-9-16-10-5-11-21-16)17(20)19-13-14-6-2-1-3-7-14/h1-11H,13H2,(H,19,20). The van der Waals surface area contributed by atoms with Crippen molar-refractivity contribution in [3.63, 3.8) is 0 Å². The van der Waals surface area contributed by atoms with E-state index in [1.165, 1.54) is 6.08 Å². The highest BCUT2D eigenvalue weighted by atomic mass is 16.3. The van der Waals surface area contributed by atoms with Crippen molar-refractivity contribution in [2.45, 2.75) is 6.54 Å². The first-order chi connectivity index (χ1) is 10.3. The molecule has 1 N–H and O–H groups in total. The average molecular weight is 278 g/mol. The molecule has 0 spiro atoms. The van der Waals surface area contributed by atoms with Crippen LogP contribution >= 0.6 is 0 Å². The summed E-state index contributed by atoms with van der Waals surface area (Å²) < 4.78 is 5.12. The Morgan fingerprint density at radius 2 is 2.05 bits per heavy atom. The van der Waals surface area contributed by atoms with Gasteiger partial charge in [0.1, 0.15) is 17.4 Å². The second kappa shape index (κ2) is 7.51. The van der Waals surface area contributed by atoms with E-state index >= 15 is 0 Å². The predicted octanol–water partition coefficient (Wildman–Crippen LogP) is 3.06. The van der Waals surface area contributed by atoms with Crippen molar-refractivity contribution in [1.82, 2.24) is 5.32 Å². The monoisotopic (exact) mass is 278 g/mol. The summed E-state index contributed by atoms with van der Waals surface area (Å²) in [5, 5.41) is 11.7. The Morgan fingerprint density at radius 3 is 2.71 bits per heavy atom. The third kappa shape index (κ3) is 4.51. The van der Waals surface area contributed by atoms with Gasteiger partial charge in [0, 0.05) is 6.54 Å². The summed E-state index contributed by atoms with van der Waals surface area (Å²) >= 11 is 0. The lowest BCUT2D eigenvalue weighted by Gasteiger charge is -2.03. The molecule has 0 radical (unpaired) electrons. The number of hydrogen-bond donors (Lipinski definition) is 1. The SMILES string of the molecule is N#CC(=CC=Cc1ccco1)C(=O)NCc1ccccc1. The highest BCUT2D eigenvalue weighted by Crippen LogP contribution is 2.04. The van der Waals surface area contributed by atoms with Gasteiger partial charge in [0.05, 0.1) is 6.26 Å². The van der Waals surface area contributed by atoms with Crippen molar-refractivity contribution >= 4 is 12.0 Å². The molecule has 0 atom stereocenters. The lowest BCUT2D eigenvalue weighted by molar-refractivity contribution is -0.117. The molecular formula is C17H14N2O2. The molecule has 2 rings (SSSR count). The molecule has 0 fully saturated rings. The van der Waals surface area contributed by atoms with E-state index in [-0.39, 0.29) is 5.57 Å². The number of hydrogen-bond acceptors (Lipinski definition) is 3. The first-order valence-electron chi connectivity index (χ1n) is 6.43. The van der Waals surface area contributed by atoms with E-state index in [0.717, 1.165) is 5.56 Å². The van der Waals surface area contributed by atoms with E-state index < -0.39 is 5.91 Å². The number of benzene rings is 1. The van der Waals surface area contributed by atoms with Crippen LogP contribution in [-0.4, -0.2) is 5.91 Å². The molecule has 0 aliphatic heterocycles. The Hall–Kier alpha value is -3.06. The molecule has 1 aromatic heterocycles. The van der Waals surface area contributed by atoms with Crippen LogP contribution in [0, 0.1) is 11.3 Å². The van der Waals surface area contributed by atoms with Crippen LogP contribution in [0.1, 0.15) is 11.3 Å². The maximum Gasteiger partial charge on any atom is 0.262 e. The zero-order valence-corrected chi connectivity index (χ0v) is 11.3. The van der Waals surface area contributed by atoms with Gasteiger partial charge in [-0.3, -0.25) is 4.79 Å². The minimum atomic E-state index is -0.398. The van der Waals surface area contributed by atoms with Crippen LogP contribution in [-0.2, 0) is 11.3 Å². The van der Waals surface area contributed by atoms with Gasteiger partial charge in [0.15, 0.2) is 0 Å². The fourth-order valence-corrected chi connectivity index (χ4v) is 1.66. The van der Waals surface area contributed by atoms with Crippen molar-refractivity contribution in [2.75, 3.05) is 0 Å². The molecule has 1 heterocycles. The quantitative estimate of drug-likeness (QED) is 0.519. The topological polar surface area (TPSA) is 66.0 Å². The van der Waals surface area contributed by atoms with Gasteiger partial charge in [-0.05, 0) is 29.8 Å². The van der Waals surface area contributed by atoms with Crippen molar-refractivity contribution in [2.24, 2.45) is 0 Å². The molecule has 0 saturated heterocycles. The fraction of sp³-hybridized carbons (Fsp3) is 0.0588. The Bertz CT molecular complexity index is 677. The van der Waals surface area contributed by atoms with E-state index in [4.69, 9.17) is 9.68 Å². The number of furan rings is 1. The van der Waals surface area contributed by atoms with Crippen LogP contribution in [0.5, 0.6) is 0 Å². The van der Waals surface area contributed by atoms with Crippen molar-refractivity contribution in [3.05, 3.63) is 77.8 Å². The van der Waals surface area contributed by atoms with Gasteiger partial charge in [-0.1, -0.05) is 36.4 Å². The molecule has 0 bridgehead atoms. The minimum Gasteiger partial charge on any atom is -0.465 e. The normalized spacial score (nSPS) is 11.3. The summed E-state index contributed by atoms with van der Waals surface area (Å²) in [6, 6.07) is 15.0. The summed E-state index contributed by atoms with van der Waals surface area (Å²) in [6.45, 7) is 0.389. The summed E-state index contributed by atoms with van der Waals surface area (Å²) in [5.74, 6) is 0.263. The molecule has 0 aliphatic carbocycles. The van der Waals surface area contributed by atoms with E-state index in [1.54, 1.807) is 30.5 Å². The van der Waals surface area contributed by atoms with Gasteiger partial charge in [0.25, 0.3) is 5.91 Å². The number of allylic oxidation sites excluding steroid dienone is 2. The van der Waals surface area contributed by atoms with Gasteiger partial charge < -0.3 is 9.73 Å². The smallest absolute Gasteiger partial charge is 0.262 e. The number of carbonyl (C=O) groups excluding carboxylic acids is 1. The van der Waals surface area contributed by atoms with Crippen LogP contribution < -0.4 is 5.32 Å². The van der Waals surface area contributed by atoms with Gasteiger partial charge >= 0.3 is 0 Å². The largest absolute Gasteiger partial charge is 0.465 e. The Kier molecular flexibility index (Phi) is 5.13. The van der Waals surface area contributed by atoms with Crippen LogP contribution in [0.2, 0.25) is 0 Å². The molecular weight excluding hydrogens is 264 g/mol. The predicted molar refractivity (Wildman–Crippen MR) is 79.7 cm³/mol. The molecule has 0 aliphatic rings. The number of carbonyl (C=O) groups is 1. The molecule has 4 heteroatoms. The number of nitrogens with one attached hydrogen (secondary N) is 1. The molecule has 2 aromatic rings. The Balaban J connectivity index is 1.94. The van der Waals surface area contributed by atoms with E-state index in [2.05, 4.69) is 5.32 Å². The zero-order valence-electron chi connectivity index (χ0n) is 11.3. The van der Waals surface area contributed by atoms with Crippen LogP contribution in [0.4, 0.5) is 0 Å². The zero-order chi connectivity index (χ0) is 14.9. The molecule has 4 nitrogen and oxygen atoms in total. The van der Waals surface area contributed by atoms with E-state index in [0.29, 0.717) is 12.3 Å². The van der Waals surface area contributed by atoms with Crippen LogP contribution in [0.25, 0.3) is 6.08 Å². The first kappa shape index (κ1) is 14.4. The maximum absolute atomic E-state index is 11.9. The summed E-state index contributed by atoms with van der Waals surface area (Å²) in [4.78, 5) is 11.9. The number of amides is 1. The number of nitriles is 1. The van der Waals surface area contributed by atoms with Crippen LogP contribution in [0.3, 0.4) is 0 Å². The second-order valence-electron chi connectivity index (χ2n) is 4.23. The summed E-state index contributed by atoms with van der Waals surface area (Å²) in [6.07, 6.45) is 6.31. The highest BCUT2D eigenvalue weighted by Gasteiger charge is 2.06. The number of rotatable bonds is 5. The number of nitrogens with zero attached hydrogens (tertiary/aromatic N) is 1. The third-order valence-electron chi connectivity index (χ3n) is 2.73. The molecule has 1 aromatic carbocycles. The van der Waals surface area contributed by atoms with Gasteiger partial charge in [0.2, 0.25) is 0 Å². The molecule has 1 amide bonds. The molecule has 104 valence electrons. The van der Waals surface area contributed by atoms with Gasteiger partial charge in [-0.2, -0.15) is 5.26 Å². The van der Waals surface area contributed by atoms with Gasteiger partial charge in [-0.25, -0.2) is 0 Å². The maximum atomic E-state index is 11.9. The van der Waals surface area contributed by atoms with E-state index in [9.17, 15) is 4.79 Å². The van der Waals surface area contributed by atoms with Crippen molar-refractivity contribution < 1.29 is 9.21 Å². The lowest BCUT2D eigenvalue weighted by atomic mass is 10.2. The molecule has 0 saturated carbocycles.